The molecule has 5 nitrogen and oxygen atoms in total. The monoisotopic (exact) mass is 436 g/mol. The van der Waals surface area contributed by atoms with Crippen molar-refractivity contribution in [3.63, 3.8) is 0 Å². The number of ether oxygens (including phenoxy) is 1. The Kier molecular flexibility index (Phi) is 6.91. The zero-order valence-electron chi connectivity index (χ0n) is 18.9. The number of carbonyl (C=O) groups is 2. The van der Waals surface area contributed by atoms with Crippen molar-refractivity contribution < 1.29 is 14.3 Å². The van der Waals surface area contributed by atoms with Crippen LogP contribution in [0.1, 0.15) is 54.4 Å². The third-order valence-electron chi connectivity index (χ3n) is 5.80. The van der Waals surface area contributed by atoms with Crippen molar-refractivity contribution in [2.45, 2.75) is 54.6 Å². The predicted octanol–water partition coefficient (Wildman–Crippen LogP) is 5.53. The number of nitrogens with one attached hydrogen (secondary N) is 1. The molecular formula is C25H28N2O3S. The van der Waals surface area contributed by atoms with E-state index in [1.165, 1.54) is 16.9 Å². The molecule has 0 fully saturated rings. The Morgan fingerprint density at radius 1 is 0.903 bits per heavy atom. The summed E-state index contributed by atoms with van der Waals surface area (Å²) in [5, 5.41) is 5.38. The number of rotatable bonds is 6. The Balaban J connectivity index is 1.61. The molecule has 0 saturated carbocycles. The summed E-state index contributed by atoms with van der Waals surface area (Å²) in [5.74, 6) is -0.466. The minimum absolute atomic E-state index is 0.0831. The lowest BCUT2D eigenvalue weighted by atomic mass is 9.90. The fourth-order valence-corrected chi connectivity index (χ4v) is 4.27. The molecule has 3 aromatic rings. The van der Waals surface area contributed by atoms with Crippen LogP contribution in [0.15, 0.2) is 29.6 Å². The molecule has 0 spiro atoms. The van der Waals surface area contributed by atoms with E-state index in [0.29, 0.717) is 16.3 Å². The molecule has 0 radical (unpaired) electrons. The number of anilines is 1. The Morgan fingerprint density at radius 2 is 1.48 bits per heavy atom. The Labute approximate surface area is 187 Å². The number of aryl methyl sites for hydroxylation is 1. The second kappa shape index (κ2) is 9.43. The lowest BCUT2D eigenvalue weighted by molar-refractivity contribution is -0.115. The maximum absolute atomic E-state index is 12.8. The molecular weight excluding hydrogens is 408 g/mol. The van der Waals surface area contributed by atoms with Gasteiger partial charge in [0.25, 0.3) is 0 Å². The van der Waals surface area contributed by atoms with Crippen LogP contribution >= 0.6 is 11.3 Å². The third kappa shape index (κ3) is 5.20. The first-order valence-electron chi connectivity index (χ1n) is 10.2. The van der Waals surface area contributed by atoms with Crippen LogP contribution in [0.5, 0.6) is 0 Å². The number of esters is 1. The highest BCUT2D eigenvalue weighted by Crippen LogP contribution is 2.27. The molecule has 0 aliphatic heterocycles. The summed E-state index contributed by atoms with van der Waals surface area (Å²) in [6, 6.07) is 7.65. The van der Waals surface area contributed by atoms with Crippen molar-refractivity contribution in [3.8, 4) is 0 Å². The third-order valence-corrected chi connectivity index (χ3v) is 6.70. The normalized spacial score (nSPS) is 10.8. The van der Waals surface area contributed by atoms with Crippen molar-refractivity contribution >= 4 is 28.9 Å². The van der Waals surface area contributed by atoms with Gasteiger partial charge < -0.3 is 10.1 Å². The van der Waals surface area contributed by atoms with E-state index in [9.17, 15) is 9.59 Å². The quantitative estimate of drug-likeness (QED) is 0.516. The van der Waals surface area contributed by atoms with E-state index >= 15 is 0 Å². The number of carbonyl (C=O) groups excluding carboxylic acids is 2. The van der Waals surface area contributed by atoms with Crippen molar-refractivity contribution in [3.05, 3.63) is 79.3 Å². The van der Waals surface area contributed by atoms with Crippen LogP contribution in [0.3, 0.4) is 0 Å². The summed E-state index contributed by atoms with van der Waals surface area (Å²) < 4.78 is 5.56. The first-order valence-corrected chi connectivity index (χ1v) is 11.1. The molecule has 0 atom stereocenters. The fourth-order valence-electron chi connectivity index (χ4n) is 3.49. The summed E-state index contributed by atoms with van der Waals surface area (Å²) in [5.41, 5.74) is 8.53. The zero-order valence-corrected chi connectivity index (χ0v) is 19.7. The SMILES string of the molecule is Cc1ccc(NC(=O)Cc2nc(COC(=O)c3c(C)c(C)c(C)c(C)c3C)cs2)cc1. The van der Waals surface area contributed by atoms with E-state index in [2.05, 4.69) is 17.2 Å². The van der Waals surface area contributed by atoms with E-state index < -0.39 is 0 Å². The molecule has 0 aliphatic carbocycles. The first-order chi connectivity index (χ1) is 14.7. The van der Waals surface area contributed by atoms with Gasteiger partial charge in [0.15, 0.2) is 0 Å². The summed E-state index contributed by atoms with van der Waals surface area (Å²) in [6.45, 7) is 12.1. The van der Waals surface area contributed by atoms with Gasteiger partial charge in [-0.2, -0.15) is 0 Å². The van der Waals surface area contributed by atoms with Crippen LogP contribution in [-0.4, -0.2) is 16.9 Å². The van der Waals surface area contributed by atoms with Gasteiger partial charge in [0.2, 0.25) is 5.91 Å². The molecule has 0 saturated heterocycles. The zero-order chi connectivity index (χ0) is 22.7. The van der Waals surface area contributed by atoms with Gasteiger partial charge in [-0.3, -0.25) is 4.79 Å². The molecule has 3 rings (SSSR count). The standard InChI is InChI=1S/C25H28N2O3S/c1-14-7-9-20(10-8-14)26-22(28)11-23-27-21(13-31-23)12-30-25(29)24-18(5)16(3)15(2)17(4)19(24)6/h7-10,13H,11-12H2,1-6H3,(H,26,28). The Bertz CT molecular complexity index is 1100. The van der Waals surface area contributed by atoms with Crippen molar-refractivity contribution in [1.82, 2.24) is 4.98 Å². The van der Waals surface area contributed by atoms with Gasteiger partial charge in [0.05, 0.1) is 17.7 Å². The highest BCUT2D eigenvalue weighted by Gasteiger charge is 2.20. The molecule has 162 valence electrons. The molecule has 1 amide bonds. The van der Waals surface area contributed by atoms with E-state index in [0.717, 1.165) is 33.5 Å². The minimum atomic E-state index is -0.340. The average Bonchev–Trinajstić information content (AvgIpc) is 3.18. The number of thiazole rings is 1. The number of aromatic nitrogens is 1. The first kappa shape index (κ1) is 22.7. The molecule has 6 heteroatoms. The predicted molar refractivity (Wildman–Crippen MR) is 125 cm³/mol. The number of hydrogen-bond acceptors (Lipinski definition) is 5. The number of benzene rings is 2. The second-order valence-electron chi connectivity index (χ2n) is 7.90. The van der Waals surface area contributed by atoms with E-state index in [4.69, 9.17) is 4.74 Å². The van der Waals surface area contributed by atoms with Crippen LogP contribution < -0.4 is 5.32 Å². The Morgan fingerprint density at radius 3 is 2.10 bits per heavy atom. The van der Waals surface area contributed by atoms with E-state index in [-0.39, 0.29) is 24.9 Å². The number of amides is 1. The van der Waals surface area contributed by atoms with Crippen molar-refractivity contribution in [2.24, 2.45) is 0 Å². The van der Waals surface area contributed by atoms with Crippen LogP contribution in [0, 0.1) is 41.5 Å². The molecule has 0 unspecified atom stereocenters. The van der Waals surface area contributed by atoms with Gasteiger partial charge in [-0.15, -0.1) is 11.3 Å². The van der Waals surface area contributed by atoms with Crippen LogP contribution in [0.2, 0.25) is 0 Å². The van der Waals surface area contributed by atoms with Gasteiger partial charge in [-0.05, 0) is 81.5 Å². The highest BCUT2D eigenvalue weighted by molar-refractivity contribution is 7.09. The summed E-state index contributed by atoms with van der Waals surface area (Å²) in [4.78, 5) is 29.5. The number of nitrogens with zero attached hydrogens (tertiary/aromatic N) is 1. The maximum Gasteiger partial charge on any atom is 0.339 e. The lowest BCUT2D eigenvalue weighted by Crippen LogP contribution is -2.14. The topological polar surface area (TPSA) is 68.3 Å². The van der Waals surface area contributed by atoms with Gasteiger partial charge >= 0.3 is 5.97 Å². The average molecular weight is 437 g/mol. The van der Waals surface area contributed by atoms with Crippen LogP contribution in [-0.2, 0) is 22.6 Å². The molecule has 2 aromatic carbocycles. The van der Waals surface area contributed by atoms with E-state index in [1.54, 1.807) is 0 Å². The molecule has 1 N–H and O–H groups in total. The Hall–Kier alpha value is -2.99. The van der Waals surface area contributed by atoms with Crippen LogP contribution in [0.4, 0.5) is 5.69 Å². The van der Waals surface area contributed by atoms with Crippen LogP contribution in [0.25, 0.3) is 0 Å². The second-order valence-corrected chi connectivity index (χ2v) is 8.84. The largest absolute Gasteiger partial charge is 0.456 e. The van der Waals surface area contributed by atoms with Gasteiger partial charge in [0, 0.05) is 11.1 Å². The molecule has 31 heavy (non-hydrogen) atoms. The molecule has 0 aliphatic rings. The smallest absolute Gasteiger partial charge is 0.339 e. The lowest BCUT2D eigenvalue weighted by Gasteiger charge is -2.17. The molecule has 0 bridgehead atoms. The van der Waals surface area contributed by atoms with Crippen molar-refractivity contribution in [1.29, 1.82) is 0 Å². The highest BCUT2D eigenvalue weighted by atomic mass is 32.1. The van der Waals surface area contributed by atoms with Crippen molar-refractivity contribution in [2.75, 3.05) is 5.32 Å². The van der Waals surface area contributed by atoms with Gasteiger partial charge in [-0.25, -0.2) is 9.78 Å². The minimum Gasteiger partial charge on any atom is -0.456 e. The fraction of sp³-hybridized carbons (Fsp3) is 0.320. The summed E-state index contributed by atoms with van der Waals surface area (Å²) >= 11 is 1.39. The molecule has 1 heterocycles. The number of hydrogen-bond donors (Lipinski definition) is 1. The summed E-state index contributed by atoms with van der Waals surface area (Å²) in [7, 11) is 0. The van der Waals surface area contributed by atoms with Gasteiger partial charge in [0.1, 0.15) is 11.6 Å². The summed E-state index contributed by atoms with van der Waals surface area (Å²) in [6.07, 6.45) is 0.182. The van der Waals surface area contributed by atoms with Gasteiger partial charge in [-0.1, -0.05) is 17.7 Å². The van der Waals surface area contributed by atoms with E-state index in [1.807, 2.05) is 64.3 Å². The maximum atomic E-state index is 12.8. The molecule has 1 aromatic heterocycles.